The molecule has 0 bridgehead atoms. The lowest BCUT2D eigenvalue weighted by Crippen LogP contribution is -2.21. The predicted molar refractivity (Wildman–Crippen MR) is 134 cm³/mol. The highest BCUT2D eigenvalue weighted by Gasteiger charge is 2.16. The lowest BCUT2D eigenvalue weighted by atomic mass is 10.1. The van der Waals surface area contributed by atoms with Gasteiger partial charge < -0.3 is 19.1 Å². The van der Waals surface area contributed by atoms with Gasteiger partial charge in [-0.3, -0.25) is 8.51 Å². The fraction of sp³-hybridized carbons (Fsp3) is 0.0741. The third-order valence-corrected chi connectivity index (χ3v) is 5.86. The van der Waals surface area contributed by atoms with Gasteiger partial charge in [-0.15, -0.1) is 0 Å². The molecule has 0 fully saturated rings. The molecule has 1 atom stereocenters. The zero-order valence-corrected chi connectivity index (χ0v) is 19.4. The van der Waals surface area contributed by atoms with E-state index in [4.69, 9.17) is 14.6 Å². The molecule has 8 heteroatoms. The second-order valence-electron chi connectivity index (χ2n) is 7.42. The van der Waals surface area contributed by atoms with Crippen LogP contribution in [0.5, 0.6) is 11.5 Å². The predicted octanol–water partition coefficient (Wildman–Crippen LogP) is 5.44. The molecule has 0 saturated carbocycles. The van der Waals surface area contributed by atoms with Crippen LogP contribution >= 0.6 is 0 Å². The lowest BCUT2D eigenvalue weighted by Gasteiger charge is -2.28. The molecule has 1 unspecified atom stereocenters. The van der Waals surface area contributed by atoms with Gasteiger partial charge in [-0.25, -0.2) is 4.79 Å². The van der Waals surface area contributed by atoms with Gasteiger partial charge in [0, 0.05) is 0 Å². The summed E-state index contributed by atoms with van der Waals surface area (Å²) in [5, 5.41) is 8.97. The van der Waals surface area contributed by atoms with Crippen molar-refractivity contribution < 1.29 is 28.1 Å². The van der Waals surface area contributed by atoms with Crippen molar-refractivity contribution in [2.24, 2.45) is 0 Å². The number of carboxylic acids is 1. The molecule has 0 aliphatic rings. The first-order chi connectivity index (χ1) is 17.0. The second-order valence-corrected chi connectivity index (χ2v) is 8.22. The van der Waals surface area contributed by atoms with E-state index in [9.17, 15) is 13.6 Å². The zero-order valence-electron chi connectivity index (χ0n) is 18.6. The summed E-state index contributed by atoms with van der Waals surface area (Å²) in [6, 6.07) is 30.0. The first-order valence-corrected chi connectivity index (χ1v) is 11.8. The number of carbonyl (C=O) groups is 1. The molecule has 0 spiro atoms. The zero-order chi connectivity index (χ0) is 24.6. The van der Waals surface area contributed by atoms with Crippen molar-refractivity contribution >= 4 is 28.6 Å². The standard InChI is InChI=1S/C27H23NO6S/c29-27(30)22-12-16-24(17-13-22)33-18-19-34-26-9-5-4-8-25(26)28(35(31)32)23-14-10-21(11-15-23)20-6-2-1-3-7-20/h1-17H,18-19H2,(H,29,30)(H,31,32)/p-1. The van der Waals surface area contributed by atoms with E-state index in [-0.39, 0.29) is 18.8 Å². The van der Waals surface area contributed by atoms with Gasteiger partial charge >= 0.3 is 5.97 Å². The molecule has 0 aliphatic heterocycles. The second kappa shape index (κ2) is 11.3. The van der Waals surface area contributed by atoms with Crippen molar-refractivity contribution in [3.8, 4) is 22.6 Å². The number of hydrogen-bond donors (Lipinski definition) is 1. The molecule has 0 radical (unpaired) electrons. The van der Waals surface area contributed by atoms with E-state index < -0.39 is 17.2 Å². The Balaban J connectivity index is 1.46. The minimum atomic E-state index is -2.59. The van der Waals surface area contributed by atoms with Gasteiger partial charge in [0.25, 0.3) is 0 Å². The third kappa shape index (κ3) is 6.06. The van der Waals surface area contributed by atoms with Crippen LogP contribution in [-0.2, 0) is 11.3 Å². The van der Waals surface area contributed by atoms with E-state index in [1.165, 1.54) is 16.4 Å². The number of anilines is 2. The molecule has 0 saturated heterocycles. The smallest absolute Gasteiger partial charge is 0.335 e. The number of nitrogens with zero attached hydrogens (tertiary/aromatic N) is 1. The molecule has 4 rings (SSSR count). The first-order valence-electron chi connectivity index (χ1n) is 10.8. The molecule has 0 aromatic heterocycles. The Morgan fingerprint density at radius 2 is 1.37 bits per heavy atom. The maximum Gasteiger partial charge on any atom is 0.335 e. The monoisotopic (exact) mass is 488 g/mol. The van der Waals surface area contributed by atoms with Crippen LogP contribution in [0.25, 0.3) is 11.1 Å². The highest BCUT2D eigenvalue weighted by Crippen LogP contribution is 2.35. The topological polar surface area (TPSA) is 99.1 Å². The van der Waals surface area contributed by atoms with Gasteiger partial charge in [-0.05, 0) is 59.7 Å². The maximum atomic E-state index is 12.2. The number of aromatic carboxylic acids is 1. The van der Waals surface area contributed by atoms with Crippen molar-refractivity contribution in [3.63, 3.8) is 0 Å². The summed E-state index contributed by atoms with van der Waals surface area (Å²) in [6.45, 7) is 0.344. The van der Waals surface area contributed by atoms with E-state index in [0.717, 1.165) is 11.1 Å². The Kier molecular flexibility index (Phi) is 7.77. The summed E-state index contributed by atoms with van der Waals surface area (Å²) in [5.74, 6) is -0.118. The van der Waals surface area contributed by atoms with Crippen LogP contribution in [0.1, 0.15) is 10.4 Å². The molecule has 0 amide bonds. The van der Waals surface area contributed by atoms with Crippen molar-refractivity contribution in [3.05, 3.63) is 109 Å². The minimum absolute atomic E-state index is 0.157. The molecule has 35 heavy (non-hydrogen) atoms. The highest BCUT2D eigenvalue weighted by atomic mass is 32.2. The van der Waals surface area contributed by atoms with Crippen molar-refractivity contribution in [2.75, 3.05) is 17.5 Å². The number of para-hydroxylation sites is 2. The van der Waals surface area contributed by atoms with Gasteiger partial charge in [-0.2, -0.15) is 0 Å². The van der Waals surface area contributed by atoms with Crippen LogP contribution in [0.15, 0.2) is 103 Å². The number of ether oxygens (including phenoxy) is 2. The Morgan fingerprint density at radius 1 is 0.771 bits per heavy atom. The fourth-order valence-electron chi connectivity index (χ4n) is 3.48. The SMILES string of the molecule is O=C(O)c1ccc(OCCOc2ccccc2N(c2ccc(-c3ccccc3)cc2)S(=O)[O-])cc1. The van der Waals surface area contributed by atoms with Crippen LogP contribution in [0.3, 0.4) is 0 Å². The molecular formula is C27H22NO6S-. The van der Waals surface area contributed by atoms with E-state index in [1.54, 1.807) is 48.5 Å². The molecule has 0 aliphatic carbocycles. The number of rotatable bonds is 10. The van der Waals surface area contributed by atoms with Crippen molar-refractivity contribution in [1.82, 2.24) is 0 Å². The van der Waals surface area contributed by atoms with Gasteiger partial charge in [0.15, 0.2) is 0 Å². The largest absolute Gasteiger partial charge is 0.755 e. The average Bonchev–Trinajstić information content (AvgIpc) is 2.88. The van der Waals surface area contributed by atoms with E-state index in [1.807, 2.05) is 42.5 Å². The Bertz CT molecular complexity index is 1290. The van der Waals surface area contributed by atoms with Gasteiger partial charge in [0.05, 0.1) is 28.2 Å². The van der Waals surface area contributed by atoms with Crippen LogP contribution < -0.4 is 13.8 Å². The molecule has 4 aromatic rings. The van der Waals surface area contributed by atoms with Crippen LogP contribution in [0.4, 0.5) is 11.4 Å². The minimum Gasteiger partial charge on any atom is -0.755 e. The van der Waals surface area contributed by atoms with Crippen molar-refractivity contribution in [1.29, 1.82) is 0 Å². The summed E-state index contributed by atoms with van der Waals surface area (Å²) >= 11 is -2.59. The van der Waals surface area contributed by atoms with Crippen LogP contribution in [0, 0.1) is 0 Å². The highest BCUT2D eigenvalue weighted by molar-refractivity contribution is 7.81. The number of hydrogen-bond acceptors (Lipinski definition) is 5. The third-order valence-electron chi connectivity index (χ3n) is 5.15. The van der Waals surface area contributed by atoms with Crippen molar-refractivity contribution in [2.45, 2.75) is 0 Å². The Morgan fingerprint density at radius 3 is 2.03 bits per heavy atom. The van der Waals surface area contributed by atoms with Gasteiger partial charge in [0.1, 0.15) is 24.7 Å². The molecule has 178 valence electrons. The summed E-state index contributed by atoms with van der Waals surface area (Å²) in [7, 11) is 0. The first kappa shape index (κ1) is 24.0. The van der Waals surface area contributed by atoms with Crippen LogP contribution in [0.2, 0.25) is 0 Å². The normalized spacial score (nSPS) is 11.5. The Hall–Kier alpha value is -4.14. The van der Waals surface area contributed by atoms with Crippen LogP contribution in [-0.4, -0.2) is 33.1 Å². The fourth-order valence-corrected chi connectivity index (χ4v) is 4.08. The number of carboxylic acid groups (broad SMARTS) is 1. The number of benzene rings is 4. The summed E-state index contributed by atoms with van der Waals surface area (Å²) in [6.07, 6.45) is 0. The quantitative estimate of drug-likeness (QED) is 0.236. The van der Waals surface area contributed by atoms with Gasteiger partial charge in [-0.1, -0.05) is 54.6 Å². The molecule has 4 aromatic carbocycles. The molecule has 0 heterocycles. The lowest BCUT2D eigenvalue weighted by molar-refractivity contribution is 0.0697. The summed E-state index contributed by atoms with van der Waals surface area (Å²) in [5.41, 5.74) is 3.03. The van der Waals surface area contributed by atoms with Gasteiger partial charge in [0.2, 0.25) is 0 Å². The summed E-state index contributed by atoms with van der Waals surface area (Å²) in [4.78, 5) is 10.9. The Labute approximate surface area is 205 Å². The maximum absolute atomic E-state index is 12.2. The molecule has 1 N–H and O–H groups in total. The molecule has 7 nitrogen and oxygen atoms in total. The summed E-state index contributed by atoms with van der Waals surface area (Å²) < 4.78 is 37.0. The van der Waals surface area contributed by atoms with E-state index in [0.29, 0.717) is 22.9 Å². The average molecular weight is 489 g/mol. The van der Waals surface area contributed by atoms with E-state index in [2.05, 4.69) is 0 Å². The molecular weight excluding hydrogens is 466 g/mol. The van der Waals surface area contributed by atoms with E-state index >= 15 is 0 Å².